The van der Waals surface area contributed by atoms with Crippen molar-refractivity contribution >= 4 is 17.4 Å². The van der Waals surface area contributed by atoms with Gasteiger partial charge in [-0.3, -0.25) is 4.79 Å². The van der Waals surface area contributed by atoms with Crippen LogP contribution in [-0.4, -0.2) is 31.0 Å². The lowest BCUT2D eigenvalue weighted by Crippen LogP contribution is -2.17. The number of carbonyl (C=O) groups excluding carboxylic acids is 1. The second-order valence-electron chi connectivity index (χ2n) is 4.46. The quantitative estimate of drug-likeness (QED) is 0.595. The molecule has 1 aromatic carbocycles. The Hall–Kier alpha value is -1.13. The maximum Gasteiger partial charge on any atom is 0.166 e. The van der Waals surface area contributed by atoms with E-state index in [0.29, 0.717) is 37.7 Å². The predicted octanol–water partition coefficient (Wildman–Crippen LogP) is 3.20. The first-order valence-corrected chi connectivity index (χ1v) is 6.87. The summed E-state index contributed by atoms with van der Waals surface area (Å²) >= 11 is 5.57. The molecule has 3 nitrogen and oxygen atoms in total. The number of halogens is 2. The molecule has 0 radical (unpaired) electrons. The summed E-state index contributed by atoms with van der Waals surface area (Å²) in [7, 11) is 0. The molecule has 0 N–H and O–H groups in total. The Morgan fingerprint density at radius 3 is 3.05 bits per heavy atom. The Balaban J connectivity index is 2.14. The van der Waals surface area contributed by atoms with Crippen LogP contribution in [0.25, 0.3) is 0 Å². The number of hydrogen-bond acceptors (Lipinski definition) is 3. The monoisotopic (exact) mass is 286 g/mol. The fraction of sp³-hybridized carbons (Fsp3) is 0.500. The molecule has 1 aliphatic heterocycles. The van der Waals surface area contributed by atoms with E-state index >= 15 is 0 Å². The SMILES string of the molecule is O=C(CCCCl)c1cc(F)ccc1O[C@@H]1CCOC1. The van der Waals surface area contributed by atoms with Crippen molar-refractivity contribution in [2.75, 3.05) is 19.1 Å². The summed E-state index contributed by atoms with van der Waals surface area (Å²) in [6.07, 6.45) is 1.59. The Bertz CT molecular complexity index is 444. The van der Waals surface area contributed by atoms with Crippen molar-refractivity contribution in [2.24, 2.45) is 0 Å². The molecule has 1 fully saturated rings. The van der Waals surface area contributed by atoms with E-state index in [2.05, 4.69) is 0 Å². The normalized spacial score (nSPS) is 18.5. The molecule has 0 spiro atoms. The Labute approximate surface area is 116 Å². The maximum absolute atomic E-state index is 13.3. The first-order valence-electron chi connectivity index (χ1n) is 6.34. The molecule has 1 atom stereocenters. The van der Waals surface area contributed by atoms with Crippen LogP contribution < -0.4 is 4.74 Å². The summed E-state index contributed by atoms with van der Waals surface area (Å²) in [4.78, 5) is 12.0. The van der Waals surface area contributed by atoms with Crippen LogP contribution in [0, 0.1) is 5.82 Å². The number of hydrogen-bond donors (Lipinski definition) is 0. The Morgan fingerprint density at radius 1 is 1.53 bits per heavy atom. The molecular weight excluding hydrogens is 271 g/mol. The number of ketones is 1. The predicted molar refractivity (Wildman–Crippen MR) is 70.5 cm³/mol. The van der Waals surface area contributed by atoms with E-state index in [4.69, 9.17) is 21.1 Å². The van der Waals surface area contributed by atoms with Crippen LogP contribution in [0.4, 0.5) is 4.39 Å². The fourth-order valence-corrected chi connectivity index (χ4v) is 2.10. The van der Waals surface area contributed by atoms with Gasteiger partial charge in [0.1, 0.15) is 17.7 Å². The third-order valence-electron chi connectivity index (χ3n) is 2.96. The largest absolute Gasteiger partial charge is 0.487 e. The molecule has 0 saturated carbocycles. The second-order valence-corrected chi connectivity index (χ2v) is 4.84. The molecule has 0 unspecified atom stereocenters. The minimum absolute atomic E-state index is 0.0648. The van der Waals surface area contributed by atoms with Gasteiger partial charge in [-0.15, -0.1) is 11.6 Å². The molecule has 1 saturated heterocycles. The van der Waals surface area contributed by atoms with Crippen LogP contribution in [0.2, 0.25) is 0 Å². The van der Waals surface area contributed by atoms with Gasteiger partial charge in [0, 0.05) is 18.7 Å². The van der Waals surface area contributed by atoms with Crippen LogP contribution >= 0.6 is 11.6 Å². The van der Waals surface area contributed by atoms with Crippen molar-refractivity contribution in [3.05, 3.63) is 29.6 Å². The van der Waals surface area contributed by atoms with Crippen molar-refractivity contribution in [1.82, 2.24) is 0 Å². The molecule has 0 aliphatic carbocycles. The molecular formula is C14H16ClFO3. The number of Topliss-reactive ketones (excluding diaryl/α,β-unsaturated/α-hetero) is 1. The van der Waals surface area contributed by atoms with Gasteiger partial charge in [0.25, 0.3) is 0 Å². The second kappa shape index (κ2) is 6.87. The molecule has 5 heteroatoms. The van der Waals surface area contributed by atoms with Gasteiger partial charge < -0.3 is 9.47 Å². The van der Waals surface area contributed by atoms with Gasteiger partial charge in [0.2, 0.25) is 0 Å². The molecule has 1 aliphatic rings. The van der Waals surface area contributed by atoms with Gasteiger partial charge in [0.15, 0.2) is 5.78 Å². The van der Waals surface area contributed by atoms with Crippen LogP contribution in [-0.2, 0) is 4.74 Å². The summed E-state index contributed by atoms with van der Waals surface area (Å²) in [5, 5.41) is 0. The van der Waals surface area contributed by atoms with E-state index in [1.165, 1.54) is 18.2 Å². The van der Waals surface area contributed by atoms with Gasteiger partial charge >= 0.3 is 0 Å². The van der Waals surface area contributed by atoms with E-state index in [1.54, 1.807) is 0 Å². The third kappa shape index (κ3) is 3.91. The third-order valence-corrected chi connectivity index (χ3v) is 3.23. The lowest BCUT2D eigenvalue weighted by atomic mass is 10.1. The van der Waals surface area contributed by atoms with Crippen LogP contribution in [0.5, 0.6) is 5.75 Å². The van der Waals surface area contributed by atoms with E-state index in [1.807, 2.05) is 0 Å². The summed E-state index contributed by atoms with van der Waals surface area (Å²) in [6.45, 7) is 1.16. The zero-order valence-electron chi connectivity index (χ0n) is 10.5. The Morgan fingerprint density at radius 2 is 2.37 bits per heavy atom. The molecule has 104 valence electrons. The molecule has 2 rings (SSSR count). The highest BCUT2D eigenvalue weighted by atomic mass is 35.5. The van der Waals surface area contributed by atoms with Crippen molar-refractivity contribution in [2.45, 2.75) is 25.4 Å². The zero-order valence-corrected chi connectivity index (χ0v) is 11.3. The van der Waals surface area contributed by atoms with E-state index in [9.17, 15) is 9.18 Å². The van der Waals surface area contributed by atoms with E-state index < -0.39 is 5.82 Å². The van der Waals surface area contributed by atoms with Crippen molar-refractivity contribution in [3.8, 4) is 5.75 Å². The molecule has 1 heterocycles. The highest BCUT2D eigenvalue weighted by Crippen LogP contribution is 2.25. The number of benzene rings is 1. The molecule has 0 bridgehead atoms. The van der Waals surface area contributed by atoms with Crippen LogP contribution in [0.15, 0.2) is 18.2 Å². The number of alkyl halides is 1. The molecule has 1 aromatic rings. The zero-order chi connectivity index (χ0) is 13.7. The highest BCUT2D eigenvalue weighted by molar-refractivity contribution is 6.18. The van der Waals surface area contributed by atoms with E-state index in [-0.39, 0.29) is 17.5 Å². The fourth-order valence-electron chi connectivity index (χ4n) is 1.97. The lowest BCUT2D eigenvalue weighted by Gasteiger charge is -2.15. The first kappa shape index (κ1) is 14.3. The van der Waals surface area contributed by atoms with Crippen LogP contribution in [0.1, 0.15) is 29.6 Å². The van der Waals surface area contributed by atoms with E-state index in [0.717, 1.165) is 6.42 Å². The summed E-state index contributed by atoms with van der Waals surface area (Å²) in [6, 6.07) is 4.02. The average Bonchev–Trinajstić information content (AvgIpc) is 2.91. The number of rotatable bonds is 6. The summed E-state index contributed by atoms with van der Waals surface area (Å²) in [5.41, 5.74) is 0.289. The molecule has 0 amide bonds. The smallest absolute Gasteiger partial charge is 0.166 e. The van der Waals surface area contributed by atoms with Gasteiger partial charge in [-0.05, 0) is 24.6 Å². The van der Waals surface area contributed by atoms with Gasteiger partial charge in [-0.1, -0.05) is 0 Å². The highest BCUT2D eigenvalue weighted by Gasteiger charge is 2.21. The van der Waals surface area contributed by atoms with Crippen molar-refractivity contribution < 1.29 is 18.7 Å². The standard InChI is InChI=1S/C14H16ClFO3/c15-6-1-2-13(17)12-8-10(16)3-4-14(12)19-11-5-7-18-9-11/h3-4,8,11H,1-2,5-7,9H2/t11-/m1/s1. The van der Waals surface area contributed by atoms with Crippen LogP contribution in [0.3, 0.4) is 0 Å². The number of carbonyl (C=O) groups is 1. The van der Waals surface area contributed by atoms with Crippen molar-refractivity contribution in [3.63, 3.8) is 0 Å². The summed E-state index contributed by atoms with van der Waals surface area (Å²) in [5.74, 6) is 0.253. The average molecular weight is 287 g/mol. The minimum atomic E-state index is -0.441. The number of ether oxygens (including phenoxy) is 2. The van der Waals surface area contributed by atoms with Gasteiger partial charge in [-0.2, -0.15) is 0 Å². The summed E-state index contributed by atoms with van der Waals surface area (Å²) < 4.78 is 24.2. The first-order chi connectivity index (χ1) is 9.20. The maximum atomic E-state index is 13.3. The molecule has 19 heavy (non-hydrogen) atoms. The lowest BCUT2D eigenvalue weighted by molar-refractivity contribution is 0.0970. The van der Waals surface area contributed by atoms with Gasteiger partial charge in [-0.25, -0.2) is 4.39 Å². The molecule has 0 aromatic heterocycles. The Kier molecular flexibility index (Phi) is 5.16. The van der Waals surface area contributed by atoms with Gasteiger partial charge in [0.05, 0.1) is 18.8 Å². The topological polar surface area (TPSA) is 35.5 Å². The minimum Gasteiger partial charge on any atom is -0.487 e. The van der Waals surface area contributed by atoms with Crippen molar-refractivity contribution in [1.29, 1.82) is 0 Å².